The number of hydrazine groups is 1. The SMILES string of the molecule is CCCN(CCO)Cc1nnc(NN)s1. The largest absolute Gasteiger partial charge is 0.395 e. The van der Waals surface area contributed by atoms with E-state index in [1.54, 1.807) is 0 Å². The molecule has 0 aromatic carbocycles. The highest BCUT2D eigenvalue weighted by molar-refractivity contribution is 7.15. The van der Waals surface area contributed by atoms with Crippen molar-refractivity contribution in [3.63, 3.8) is 0 Å². The van der Waals surface area contributed by atoms with E-state index in [9.17, 15) is 0 Å². The van der Waals surface area contributed by atoms with Gasteiger partial charge in [0.1, 0.15) is 5.01 Å². The third-order valence-electron chi connectivity index (χ3n) is 1.91. The van der Waals surface area contributed by atoms with E-state index in [0.717, 1.165) is 18.0 Å². The predicted molar refractivity (Wildman–Crippen MR) is 60.4 cm³/mol. The molecule has 6 nitrogen and oxygen atoms in total. The maximum Gasteiger partial charge on any atom is 0.219 e. The lowest BCUT2D eigenvalue weighted by Crippen LogP contribution is -2.27. The van der Waals surface area contributed by atoms with E-state index in [1.807, 2.05) is 0 Å². The third kappa shape index (κ3) is 4.08. The van der Waals surface area contributed by atoms with Crippen LogP contribution in [-0.4, -0.2) is 39.9 Å². The van der Waals surface area contributed by atoms with Gasteiger partial charge in [-0.25, -0.2) is 5.84 Å². The molecule has 0 atom stereocenters. The predicted octanol–water partition coefficient (Wildman–Crippen LogP) is 0.0280. The number of aromatic nitrogens is 2. The van der Waals surface area contributed by atoms with Crippen molar-refractivity contribution in [3.8, 4) is 0 Å². The van der Waals surface area contributed by atoms with Gasteiger partial charge in [-0.05, 0) is 13.0 Å². The summed E-state index contributed by atoms with van der Waals surface area (Å²) in [6, 6.07) is 0. The second kappa shape index (κ2) is 6.67. The Morgan fingerprint density at radius 1 is 1.47 bits per heavy atom. The average molecular weight is 231 g/mol. The summed E-state index contributed by atoms with van der Waals surface area (Å²) in [6.45, 7) is 4.61. The van der Waals surface area contributed by atoms with Crippen molar-refractivity contribution in [3.05, 3.63) is 5.01 Å². The van der Waals surface area contributed by atoms with Crippen LogP contribution in [0.15, 0.2) is 0 Å². The second-order valence-corrected chi connectivity index (χ2v) is 4.21. The van der Waals surface area contributed by atoms with Gasteiger partial charge >= 0.3 is 0 Å². The summed E-state index contributed by atoms with van der Waals surface area (Å²) in [5.74, 6) is 5.22. The second-order valence-electron chi connectivity index (χ2n) is 3.15. The van der Waals surface area contributed by atoms with Crippen LogP contribution in [0.3, 0.4) is 0 Å². The van der Waals surface area contributed by atoms with E-state index in [2.05, 4.69) is 27.4 Å². The number of nitrogens with zero attached hydrogens (tertiary/aromatic N) is 3. The lowest BCUT2D eigenvalue weighted by Gasteiger charge is -2.18. The fourth-order valence-corrected chi connectivity index (χ4v) is 1.99. The van der Waals surface area contributed by atoms with Crippen LogP contribution in [0, 0.1) is 0 Å². The van der Waals surface area contributed by atoms with Crippen LogP contribution in [0.5, 0.6) is 0 Å². The van der Waals surface area contributed by atoms with Crippen molar-refractivity contribution in [1.82, 2.24) is 15.1 Å². The first-order valence-electron chi connectivity index (χ1n) is 4.92. The van der Waals surface area contributed by atoms with Crippen LogP contribution in [0.4, 0.5) is 5.13 Å². The quantitative estimate of drug-likeness (QED) is 0.453. The highest BCUT2D eigenvalue weighted by Gasteiger charge is 2.08. The first-order chi connectivity index (χ1) is 7.30. The molecule has 1 rings (SSSR count). The van der Waals surface area contributed by atoms with Gasteiger partial charge in [0, 0.05) is 6.54 Å². The lowest BCUT2D eigenvalue weighted by molar-refractivity contribution is 0.190. The normalized spacial score (nSPS) is 10.9. The van der Waals surface area contributed by atoms with E-state index in [1.165, 1.54) is 11.3 Å². The molecule has 0 bridgehead atoms. The van der Waals surface area contributed by atoms with Gasteiger partial charge in [-0.2, -0.15) is 0 Å². The number of hydrogen-bond acceptors (Lipinski definition) is 7. The molecule has 86 valence electrons. The van der Waals surface area contributed by atoms with Crippen LogP contribution < -0.4 is 11.3 Å². The Morgan fingerprint density at radius 2 is 2.27 bits per heavy atom. The molecule has 0 unspecified atom stereocenters. The first kappa shape index (κ1) is 12.3. The lowest BCUT2D eigenvalue weighted by atomic mass is 10.4. The van der Waals surface area contributed by atoms with Gasteiger partial charge in [-0.3, -0.25) is 10.3 Å². The minimum absolute atomic E-state index is 0.167. The zero-order valence-corrected chi connectivity index (χ0v) is 9.63. The number of nitrogen functional groups attached to an aromatic ring is 1. The molecule has 0 aliphatic heterocycles. The van der Waals surface area contributed by atoms with Crippen molar-refractivity contribution >= 4 is 16.5 Å². The fraction of sp³-hybridized carbons (Fsp3) is 0.750. The minimum Gasteiger partial charge on any atom is -0.395 e. The summed E-state index contributed by atoms with van der Waals surface area (Å²) in [4.78, 5) is 2.14. The Kier molecular flexibility index (Phi) is 5.48. The van der Waals surface area contributed by atoms with E-state index >= 15 is 0 Å². The molecular weight excluding hydrogens is 214 g/mol. The molecule has 0 aliphatic carbocycles. The topological polar surface area (TPSA) is 87.3 Å². The van der Waals surface area contributed by atoms with Gasteiger partial charge in [0.05, 0.1) is 13.2 Å². The van der Waals surface area contributed by atoms with Gasteiger partial charge in [0.15, 0.2) is 0 Å². The molecule has 0 spiro atoms. The van der Waals surface area contributed by atoms with Crippen LogP contribution >= 0.6 is 11.3 Å². The van der Waals surface area contributed by atoms with Gasteiger partial charge < -0.3 is 5.11 Å². The maximum absolute atomic E-state index is 8.89. The Labute approximate surface area is 93.1 Å². The number of aliphatic hydroxyl groups excluding tert-OH is 1. The summed E-state index contributed by atoms with van der Waals surface area (Å²) in [5, 5.41) is 18.3. The van der Waals surface area contributed by atoms with E-state index in [4.69, 9.17) is 10.9 Å². The molecule has 0 saturated heterocycles. The summed E-state index contributed by atoms with van der Waals surface area (Å²) < 4.78 is 0. The summed E-state index contributed by atoms with van der Waals surface area (Å²) >= 11 is 1.43. The Balaban J connectivity index is 2.48. The number of anilines is 1. The zero-order valence-electron chi connectivity index (χ0n) is 8.81. The van der Waals surface area contributed by atoms with Crippen LogP contribution in [-0.2, 0) is 6.54 Å². The van der Waals surface area contributed by atoms with Crippen molar-refractivity contribution in [2.24, 2.45) is 5.84 Å². The molecule has 0 radical (unpaired) electrons. The van der Waals surface area contributed by atoms with Crippen molar-refractivity contribution in [2.75, 3.05) is 25.1 Å². The minimum atomic E-state index is 0.167. The fourth-order valence-electron chi connectivity index (χ4n) is 1.29. The zero-order chi connectivity index (χ0) is 11.1. The Morgan fingerprint density at radius 3 is 2.80 bits per heavy atom. The molecule has 0 fully saturated rings. The Bertz CT molecular complexity index is 274. The molecule has 0 saturated carbocycles. The van der Waals surface area contributed by atoms with Gasteiger partial charge in [0.2, 0.25) is 5.13 Å². The maximum atomic E-state index is 8.89. The van der Waals surface area contributed by atoms with Crippen molar-refractivity contribution in [1.29, 1.82) is 0 Å². The molecule has 1 aromatic heterocycles. The van der Waals surface area contributed by atoms with Gasteiger partial charge in [0.25, 0.3) is 0 Å². The van der Waals surface area contributed by atoms with Crippen molar-refractivity contribution < 1.29 is 5.11 Å². The summed E-state index contributed by atoms with van der Waals surface area (Å²) in [6.07, 6.45) is 1.06. The molecule has 0 amide bonds. The number of nitrogens with two attached hydrogens (primary N) is 1. The van der Waals surface area contributed by atoms with E-state index in [-0.39, 0.29) is 6.61 Å². The highest BCUT2D eigenvalue weighted by Crippen LogP contribution is 2.15. The van der Waals surface area contributed by atoms with Crippen LogP contribution in [0.1, 0.15) is 18.4 Å². The highest BCUT2D eigenvalue weighted by atomic mass is 32.1. The molecule has 1 aromatic rings. The van der Waals surface area contributed by atoms with Crippen LogP contribution in [0.25, 0.3) is 0 Å². The van der Waals surface area contributed by atoms with E-state index in [0.29, 0.717) is 18.2 Å². The summed E-state index contributed by atoms with van der Waals surface area (Å²) in [5.41, 5.74) is 2.46. The number of nitrogens with one attached hydrogen (secondary N) is 1. The van der Waals surface area contributed by atoms with Crippen molar-refractivity contribution in [2.45, 2.75) is 19.9 Å². The first-order valence-corrected chi connectivity index (χ1v) is 5.74. The molecule has 4 N–H and O–H groups in total. The van der Waals surface area contributed by atoms with Gasteiger partial charge in [-0.15, -0.1) is 10.2 Å². The smallest absolute Gasteiger partial charge is 0.219 e. The molecule has 7 heteroatoms. The standard InChI is InChI=1S/C8H17N5OS/c1-2-3-13(4-5-14)6-7-11-12-8(10-9)15-7/h14H,2-6,9H2,1H3,(H,10,12). The van der Waals surface area contributed by atoms with Crippen LogP contribution in [0.2, 0.25) is 0 Å². The van der Waals surface area contributed by atoms with Gasteiger partial charge in [-0.1, -0.05) is 18.3 Å². The third-order valence-corrected chi connectivity index (χ3v) is 2.74. The summed E-state index contributed by atoms with van der Waals surface area (Å²) in [7, 11) is 0. The average Bonchev–Trinajstić information content (AvgIpc) is 2.66. The number of aliphatic hydroxyl groups is 1. The molecule has 1 heterocycles. The number of rotatable bonds is 7. The number of hydrogen-bond donors (Lipinski definition) is 3. The van der Waals surface area contributed by atoms with E-state index < -0.39 is 0 Å². The molecule has 15 heavy (non-hydrogen) atoms. The molecule has 0 aliphatic rings. The monoisotopic (exact) mass is 231 g/mol. The Hall–Kier alpha value is -0.760. The molecular formula is C8H17N5OS.